The Balaban J connectivity index is 1.55. The molecule has 22 heavy (non-hydrogen) atoms. The van der Waals surface area contributed by atoms with Crippen LogP contribution in [-0.2, 0) is 10.4 Å². The monoisotopic (exact) mass is 319 g/mol. The van der Waals surface area contributed by atoms with Gasteiger partial charge in [0, 0.05) is 10.9 Å². The highest BCUT2D eigenvalue weighted by Gasteiger charge is 2.44. The Morgan fingerprint density at radius 2 is 2.14 bits per heavy atom. The van der Waals surface area contributed by atoms with Crippen molar-refractivity contribution in [1.82, 2.24) is 5.32 Å². The molecule has 0 saturated heterocycles. The number of rotatable bonds is 5. The Morgan fingerprint density at radius 3 is 2.77 bits per heavy atom. The summed E-state index contributed by atoms with van der Waals surface area (Å²) in [4.78, 5) is 12.2. The topological polar surface area (TPSA) is 62.5 Å². The fourth-order valence-electron chi connectivity index (χ4n) is 2.63. The van der Waals surface area contributed by atoms with Crippen LogP contribution in [0.1, 0.15) is 30.6 Å². The van der Waals surface area contributed by atoms with Crippen LogP contribution in [0.15, 0.2) is 47.1 Å². The normalized spacial score (nSPS) is 22.9. The van der Waals surface area contributed by atoms with Crippen LogP contribution in [0.2, 0.25) is 5.02 Å². The molecule has 0 bridgehead atoms. The number of amides is 1. The molecule has 1 aliphatic rings. The fourth-order valence-corrected chi connectivity index (χ4v) is 2.75. The predicted octanol–water partition coefficient (Wildman–Crippen LogP) is 3.06. The van der Waals surface area contributed by atoms with Gasteiger partial charge >= 0.3 is 0 Å². The summed E-state index contributed by atoms with van der Waals surface area (Å²) >= 11 is 5.87. The van der Waals surface area contributed by atoms with Crippen LogP contribution >= 0.6 is 11.6 Å². The van der Waals surface area contributed by atoms with Crippen molar-refractivity contribution < 1.29 is 14.3 Å². The highest BCUT2D eigenvalue weighted by atomic mass is 35.5. The molecule has 1 fully saturated rings. The van der Waals surface area contributed by atoms with Gasteiger partial charge in [-0.15, -0.1) is 0 Å². The summed E-state index contributed by atoms with van der Waals surface area (Å²) in [6.45, 7) is 1.75. The molecule has 0 spiro atoms. The van der Waals surface area contributed by atoms with E-state index < -0.39 is 5.60 Å². The van der Waals surface area contributed by atoms with E-state index in [9.17, 15) is 9.90 Å². The molecule has 1 aromatic heterocycles. The van der Waals surface area contributed by atoms with Gasteiger partial charge in [0.25, 0.3) is 0 Å². The van der Waals surface area contributed by atoms with Crippen molar-refractivity contribution in [3.8, 4) is 0 Å². The number of hydrogen-bond acceptors (Lipinski definition) is 3. The van der Waals surface area contributed by atoms with Crippen molar-refractivity contribution in [2.75, 3.05) is 6.54 Å². The molecule has 4 nitrogen and oxygen atoms in total. The lowest BCUT2D eigenvalue weighted by Gasteiger charge is -2.21. The number of carbonyl (C=O) groups is 1. The second-order valence-corrected chi connectivity index (χ2v) is 6.41. The van der Waals surface area contributed by atoms with E-state index in [0.717, 1.165) is 12.0 Å². The molecule has 2 N–H and O–H groups in total. The van der Waals surface area contributed by atoms with Gasteiger partial charge in [-0.2, -0.15) is 0 Å². The van der Waals surface area contributed by atoms with E-state index in [1.807, 2.05) is 24.3 Å². The summed E-state index contributed by atoms with van der Waals surface area (Å²) in [7, 11) is 0. The highest BCUT2D eigenvalue weighted by Crippen LogP contribution is 2.47. The molecule has 1 aromatic carbocycles. The van der Waals surface area contributed by atoms with Crippen molar-refractivity contribution in [2.24, 2.45) is 5.92 Å². The Labute approximate surface area is 134 Å². The molecular formula is C17H18ClNO3. The van der Waals surface area contributed by atoms with Crippen molar-refractivity contribution in [3.63, 3.8) is 0 Å². The van der Waals surface area contributed by atoms with Crippen LogP contribution in [0.3, 0.4) is 0 Å². The molecule has 2 aromatic rings. The Morgan fingerprint density at radius 1 is 1.41 bits per heavy atom. The average Bonchev–Trinajstić information content (AvgIpc) is 3.08. The standard InChI is InChI=1S/C17H18ClNO3/c1-17(21,15-3-2-8-22-15)10-19-16(20)14-9-13(14)11-4-6-12(18)7-5-11/h2-8,13-14,21H,9-10H2,1H3,(H,19,20). The van der Waals surface area contributed by atoms with Crippen LogP contribution in [0, 0.1) is 5.92 Å². The van der Waals surface area contributed by atoms with E-state index in [-0.39, 0.29) is 24.3 Å². The van der Waals surface area contributed by atoms with Crippen LogP contribution in [0.5, 0.6) is 0 Å². The van der Waals surface area contributed by atoms with Crippen LogP contribution < -0.4 is 5.32 Å². The maximum absolute atomic E-state index is 12.2. The molecule has 3 rings (SSSR count). The number of benzene rings is 1. The zero-order chi connectivity index (χ0) is 15.7. The first-order valence-electron chi connectivity index (χ1n) is 7.27. The van der Waals surface area contributed by atoms with Gasteiger partial charge < -0.3 is 14.8 Å². The van der Waals surface area contributed by atoms with E-state index in [4.69, 9.17) is 16.0 Å². The highest BCUT2D eigenvalue weighted by molar-refractivity contribution is 6.30. The first-order valence-corrected chi connectivity index (χ1v) is 7.65. The second-order valence-electron chi connectivity index (χ2n) is 5.97. The molecular weight excluding hydrogens is 302 g/mol. The van der Waals surface area contributed by atoms with Gasteiger partial charge in [-0.25, -0.2) is 0 Å². The largest absolute Gasteiger partial charge is 0.466 e. The van der Waals surface area contributed by atoms with E-state index in [2.05, 4.69) is 5.32 Å². The van der Waals surface area contributed by atoms with E-state index >= 15 is 0 Å². The quantitative estimate of drug-likeness (QED) is 0.890. The van der Waals surface area contributed by atoms with Gasteiger partial charge in [0.05, 0.1) is 12.8 Å². The maximum atomic E-state index is 12.2. The lowest BCUT2D eigenvalue weighted by atomic mass is 10.0. The molecule has 1 aliphatic carbocycles. The molecule has 1 heterocycles. The van der Waals surface area contributed by atoms with E-state index in [1.54, 1.807) is 19.1 Å². The molecule has 5 heteroatoms. The lowest BCUT2D eigenvalue weighted by molar-refractivity contribution is -0.123. The number of hydrogen-bond donors (Lipinski definition) is 2. The van der Waals surface area contributed by atoms with E-state index in [1.165, 1.54) is 6.26 Å². The van der Waals surface area contributed by atoms with Gasteiger partial charge in [0.2, 0.25) is 5.91 Å². The summed E-state index contributed by atoms with van der Waals surface area (Å²) in [5, 5.41) is 13.8. The van der Waals surface area contributed by atoms with E-state index in [0.29, 0.717) is 10.8 Å². The molecule has 1 saturated carbocycles. The number of aliphatic hydroxyl groups is 1. The minimum Gasteiger partial charge on any atom is -0.466 e. The first-order chi connectivity index (χ1) is 10.5. The Hall–Kier alpha value is -1.78. The third-order valence-electron chi connectivity index (χ3n) is 4.08. The molecule has 3 atom stereocenters. The van der Waals surface area contributed by atoms with Crippen molar-refractivity contribution in [1.29, 1.82) is 0 Å². The van der Waals surface area contributed by atoms with Gasteiger partial charge in [-0.3, -0.25) is 4.79 Å². The van der Waals surface area contributed by atoms with Gasteiger partial charge in [0.15, 0.2) is 0 Å². The Kier molecular flexibility index (Phi) is 3.98. The minimum atomic E-state index is -1.20. The maximum Gasteiger partial charge on any atom is 0.223 e. The number of carbonyl (C=O) groups excluding carboxylic acids is 1. The molecule has 0 radical (unpaired) electrons. The number of nitrogens with one attached hydrogen (secondary N) is 1. The fraction of sp³-hybridized carbons (Fsp3) is 0.353. The minimum absolute atomic E-state index is 0.0337. The second kappa shape index (κ2) is 5.78. The van der Waals surface area contributed by atoms with Crippen LogP contribution in [0.25, 0.3) is 0 Å². The molecule has 1 amide bonds. The van der Waals surface area contributed by atoms with Crippen molar-refractivity contribution in [2.45, 2.75) is 24.9 Å². The summed E-state index contributed by atoms with van der Waals surface area (Å²) in [5.41, 5.74) is -0.0774. The summed E-state index contributed by atoms with van der Waals surface area (Å²) in [5.74, 6) is 0.615. The van der Waals surface area contributed by atoms with Crippen molar-refractivity contribution in [3.05, 3.63) is 59.0 Å². The predicted molar refractivity (Wildman–Crippen MR) is 83.6 cm³/mol. The number of halogens is 1. The third kappa shape index (κ3) is 3.18. The third-order valence-corrected chi connectivity index (χ3v) is 4.34. The number of furan rings is 1. The average molecular weight is 320 g/mol. The van der Waals surface area contributed by atoms with Gasteiger partial charge in [-0.05, 0) is 49.1 Å². The zero-order valence-corrected chi connectivity index (χ0v) is 13.0. The Bertz CT molecular complexity index is 649. The molecule has 0 aliphatic heterocycles. The van der Waals surface area contributed by atoms with Gasteiger partial charge in [0.1, 0.15) is 11.4 Å². The summed E-state index contributed by atoms with van der Waals surface area (Å²) in [6, 6.07) is 11.0. The summed E-state index contributed by atoms with van der Waals surface area (Å²) in [6.07, 6.45) is 2.33. The summed E-state index contributed by atoms with van der Waals surface area (Å²) < 4.78 is 5.19. The van der Waals surface area contributed by atoms with Crippen LogP contribution in [-0.4, -0.2) is 17.6 Å². The smallest absolute Gasteiger partial charge is 0.223 e. The molecule has 116 valence electrons. The molecule has 3 unspecified atom stereocenters. The van der Waals surface area contributed by atoms with Crippen LogP contribution in [0.4, 0.5) is 0 Å². The SMILES string of the molecule is CC(O)(CNC(=O)C1CC1c1ccc(Cl)cc1)c1ccco1. The first kappa shape index (κ1) is 15.1. The zero-order valence-electron chi connectivity index (χ0n) is 12.3. The van der Waals surface area contributed by atoms with Crippen molar-refractivity contribution >= 4 is 17.5 Å². The lowest BCUT2D eigenvalue weighted by Crippen LogP contribution is -2.39. The van der Waals surface area contributed by atoms with Gasteiger partial charge in [-0.1, -0.05) is 23.7 Å².